The van der Waals surface area contributed by atoms with Gasteiger partial charge in [-0.1, -0.05) is 5.16 Å². The molecule has 0 unspecified atom stereocenters. The average Bonchev–Trinajstić information content (AvgIpc) is 2.94. The number of hydrogen-bond donors (Lipinski definition) is 0. The number of ether oxygens (including phenoxy) is 1. The van der Waals surface area contributed by atoms with Gasteiger partial charge in [0.05, 0.1) is 0 Å². The number of rotatable bonds is 4. The van der Waals surface area contributed by atoms with Gasteiger partial charge in [0, 0.05) is 0 Å². The van der Waals surface area contributed by atoms with Crippen LogP contribution in [0.25, 0.3) is 0 Å². The molecule has 6 heteroatoms. The maximum atomic E-state index is 12.1. The van der Waals surface area contributed by atoms with Crippen molar-refractivity contribution in [3.63, 3.8) is 0 Å². The molecule has 0 aromatic carbocycles. The first-order chi connectivity index (χ1) is 9.15. The molecule has 0 bridgehead atoms. The van der Waals surface area contributed by atoms with Gasteiger partial charge in [-0.3, -0.25) is 0 Å². The van der Waals surface area contributed by atoms with E-state index in [-0.39, 0.29) is 5.97 Å². The molecule has 0 spiro atoms. The van der Waals surface area contributed by atoms with Gasteiger partial charge in [0.1, 0.15) is 4.88 Å². The molecule has 5 nitrogen and oxygen atoms in total. The van der Waals surface area contributed by atoms with Crippen LogP contribution in [0.4, 0.5) is 0 Å². The van der Waals surface area contributed by atoms with Crippen molar-refractivity contribution in [1.29, 1.82) is 0 Å². The Kier molecular flexibility index (Phi) is 3.10. The van der Waals surface area contributed by atoms with Gasteiger partial charge in [-0.15, -0.1) is 11.3 Å². The van der Waals surface area contributed by atoms with E-state index in [2.05, 4.69) is 10.1 Å². The molecule has 2 heterocycles. The van der Waals surface area contributed by atoms with Crippen LogP contribution in [0, 0.1) is 6.92 Å². The number of carbonyl (C=O) groups excluding carboxylic acids is 1. The van der Waals surface area contributed by atoms with Crippen molar-refractivity contribution in [2.75, 3.05) is 0 Å². The van der Waals surface area contributed by atoms with E-state index in [0.717, 1.165) is 18.4 Å². The maximum absolute atomic E-state index is 12.1. The van der Waals surface area contributed by atoms with Crippen molar-refractivity contribution in [2.45, 2.75) is 38.7 Å². The Morgan fingerprint density at radius 1 is 1.58 bits per heavy atom. The summed E-state index contributed by atoms with van der Waals surface area (Å²) >= 11 is 1.43. The Hall–Kier alpha value is -1.69. The summed E-state index contributed by atoms with van der Waals surface area (Å²) in [6.45, 7) is 3.46. The topological polar surface area (TPSA) is 65.2 Å². The third-order valence-corrected chi connectivity index (χ3v) is 3.98. The number of hydrogen-bond acceptors (Lipinski definition) is 6. The minimum Gasteiger partial charge on any atom is -0.448 e. The average molecular weight is 278 g/mol. The number of aryl methyl sites for hydroxylation is 1. The second-order valence-electron chi connectivity index (χ2n) is 4.71. The number of carbonyl (C=O) groups is 1. The lowest BCUT2D eigenvalue weighted by molar-refractivity contribution is 0.0270. The molecule has 1 fully saturated rings. The SMILES string of the molecule is Cc1noc([C@H](C)OC(=O)c2sccc2C2CC2)n1. The van der Waals surface area contributed by atoms with Crippen LogP contribution in [0.1, 0.15) is 58.7 Å². The first-order valence-corrected chi connectivity index (χ1v) is 7.11. The minimum atomic E-state index is -0.525. The fraction of sp³-hybridized carbons (Fsp3) is 0.462. The molecular formula is C13H14N2O3S. The lowest BCUT2D eigenvalue weighted by Gasteiger charge is -2.09. The molecule has 0 saturated heterocycles. The van der Waals surface area contributed by atoms with E-state index in [1.54, 1.807) is 13.8 Å². The van der Waals surface area contributed by atoms with Crippen molar-refractivity contribution < 1.29 is 14.1 Å². The molecule has 0 aliphatic heterocycles. The molecule has 2 aromatic heterocycles. The maximum Gasteiger partial charge on any atom is 0.349 e. The van der Waals surface area contributed by atoms with Crippen LogP contribution in [-0.2, 0) is 4.74 Å². The van der Waals surface area contributed by atoms with Gasteiger partial charge < -0.3 is 9.26 Å². The predicted molar refractivity (Wildman–Crippen MR) is 69.2 cm³/mol. The third-order valence-electron chi connectivity index (χ3n) is 3.07. The lowest BCUT2D eigenvalue weighted by Crippen LogP contribution is -2.09. The molecule has 1 atom stereocenters. The van der Waals surface area contributed by atoms with E-state index in [0.29, 0.717) is 22.5 Å². The Morgan fingerprint density at radius 2 is 2.37 bits per heavy atom. The first kappa shape index (κ1) is 12.3. The van der Waals surface area contributed by atoms with E-state index in [4.69, 9.17) is 9.26 Å². The summed E-state index contributed by atoms with van der Waals surface area (Å²) in [5.41, 5.74) is 1.11. The summed E-state index contributed by atoms with van der Waals surface area (Å²) in [5.74, 6) is 1.10. The van der Waals surface area contributed by atoms with E-state index in [1.807, 2.05) is 11.4 Å². The molecule has 3 rings (SSSR count). The van der Waals surface area contributed by atoms with E-state index >= 15 is 0 Å². The molecule has 0 N–H and O–H groups in total. The Labute approximate surface area is 114 Å². The fourth-order valence-corrected chi connectivity index (χ4v) is 2.81. The zero-order chi connectivity index (χ0) is 13.4. The smallest absolute Gasteiger partial charge is 0.349 e. The Morgan fingerprint density at radius 3 is 3.00 bits per heavy atom. The molecule has 1 saturated carbocycles. The normalized spacial score (nSPS) is 16.3. The highest BCUT2D eigenvalue weighted by Crippen LogP contribution is 2.43. The number of thiophene rings is 1. The number of nitrogens with zero attached hydrogens (tertiary/aromatic N) is 2. The molecule has 100 valence electrons. The third kappa shape index (κ3) is 2.53. The van der Waals surface area contributed by atoms with Gasteiger partial charge in [0.25, 0.3) is 5.89 Å². The molecule has 1 aliphatic rings. The van der Waals surface area contributed by atoms with Crippen LogP contribution in [-0.4, -0.2) is 16.1 Å². The van der Waals surface area contributed by atoms with Gasteiger partial charge in [0.15, 0.2) is 11.9 Å². The quantitative estimate of drug-likeness (QED) is 0.803. The van der Waals surface area contributed by atoms with Crippen LogP contribution < -0.4 is 0 Å². The lowest BCUT2D eigenvalue weighted by atomic mass is 10.2. The number of esters is 1. The largest absolute Gasteiger partial charge is 0.448 e. The van der Waals surface area contributed by atoms with Gasteiger partial charge in [-0.25, -0.2) is 4.79 Å². The highest BCUT2D eigenvalue weighted by atomic mass is 32.1. The van der Waals surface area contributed by atoms with Crippen molar-refractivity contribution in [3.8, 4) is 0 Å². The monoisotopic (exact) mass is 278 g/mol. The molecule has 19 heavy (non-hydrogen) atoms. The second-order valence-corrected chi connectivity index (χ2v) is 5.62. The standard InChI is InChI=1S/C13H14N2O3S/c1-7(12-14-8(2)15-18-12)17-13(16)11-10(5-6-19-11)9-3-4-9/h5-7,9H,3-4H2,1-2H3/t7-/m0/s1. The zero-order valence-electron chi connectivity index (χ0n) is 10.8. The summed E-state index contributed by atoms with van der Waals surface area (Å²) in [6, 6.07) is 2.01. The number of aromatic nitrogens is 2. The summed E-state index contributed by atoms with van der Waals surface area (Å²) in [4.78, 5) is 16.9. The summed E-state index contributed by atoms with van der Waals surface area (Å²) in [6.07, 6.45) is 1.80. The molecule has 1 aliphatic carbocycles. The summed E-state index contributed by atoms with van der Waals surface area (Å²) < 4.78 is 10.4. The molecule has 0 radical (unpaired) electrons. The van der Waals surface area contributed by atoms with Gasteiger partial charge in [-0.2, -0.15) is 4.98 Å². The highest BCUT2D eigenvalue weighted by molar-refractivity contribution is 7.12. The van der Waals surface area contributed by atoms with E-state index in [1.165, 1.54) is 11.3 Å². The molecule has 2 aromatic rings. The van der Waals surface area contributed by atoms with Gasteiger partial charge in [0.2, 0.25) is 0 Å². The van der Waals surface area contributed by atoms with Crippen molar-refractivity contribution in [2.24, 2.45) is 0 Å². The summed E-state index contributed by atoms with van der Waals surface area (Å²) in [5, 5.41) is 5.62. The van der Waals surface area contributed by atoms with E-state index < -0.39 is 6.10 Å². The summed E-state index contributed by atoms with van der Waals surface area (Å²) in [7, 11) is 0. The zero-order valence-corrected chi connectivity index (χ0v) is 11.6. The molecular weight excluding hydrogens is 264 g/mol. The van der Waals surface area contributed by atoms with Crippen LogP contribution in [0.5, 0.6) is 0 Å². The first-order valence-electron chi connectivity index (χ1n) is 6.23. The predicted octanol–water partition coefficient (Wildman–Crippen LogP) is 3.23. The second kappa shape index (κ2) is 4.77. The van der Waals surface area contributed by atoms with Gasteiger partial charge in [-0.05, 0) is 49.6 Å². The van der Waals surface area contributed by atoms with Crippen LogP contribution in [0.3, 0.4) is 0 Å². The fourth-order valence-electron chi connectivity index (χ4n) is 1.94. The van der Waals surface area contributed by atoms with Crippen molar-refractivity contribution >= 4 is 17.3 Å². The van der Waals surface area contributed by atoms with E-state index in [9.17, 15) is 4.79 Å². The van der Waals surface area contributed by atoms with Crippen LogP contribution in [0.15, 0.2) is 16.0 Å². The minimum absolute atomic E-state index is 0.305. The van der Waals surface area contributed by atoms with Gasteiger partial charge >= 0.3 is 5.97 Å². The molecule has 0 amide bonds. The Balaban J connectivity index is 1.72. The van der Waals surface area contributed by atoms with Crippen molar-refractivity contribution in [1.82, 2.24) is 10.1 Å². The van der Waals surface area contributed by atoms with Crippen LogP contribution in [0.2, 0.25) is 0 Å². The Bertz CT molecular complexity index is 601. The van der Waals surface area contributed by atoms with Crippen LogP contribution >= 0.6 is 11.3 Å². The highest BCUT2D eigenvalue weighted by Gasteiger charge is 2.30. The van der Waals surface area contributed by atoms with Crippen molar-refractivity contribution in [3.05, 3.63) is 33.6 Å².